The Morgan fingerprint density at radius 1 is 1.17 bits per heavy atom. The first-order chi connectivity index (χ1) is 16.6. The molecule has 1 aromatic carbocycles. The van der Waals surface area contributed by atoms with E-state index in [4.69, 9.17) is 0 Å². The zero-order valence-corrected chi connectivity index (χ0v) is 21.9. The van der Waals surface area contributed by atoms with Gasteiger partial charge in [-0.1, -0.05) is 26.0 Å². The van der Waals surface area contributed by atoms with E-state index >= 15 is 0 Å². The molecule has 2 heterocycles. The van der Waals surface area contributed by atoms with E-state index in [0.717, 1.165) is 4.88 Å². The summed E-state index contributed by atoms with van der Waals surface area (Å²) in [6, 6.07) is 10.9. The third kappa shape index (κ3) is 6.90. The number of sulfonamides is 1. The standard InChI is InChI=1S/C25H32N4O4S2/c1-17(2)15-21(28-25(31)22-11-10-18(3)34-22)24(30)27-20-8-6-13-29(14-12-20)35(32,33)23-9-5-4-7-19(23)16-26/h4-5,7,9-11,17,20-21H,6,8,12-15H2,1-3H3,(H,27,30)(H,28,31)/t20-,21+/m1/s1. The van der Waals surface area contributed by atoms with E-state index in [1.54, 1.807) is 18.2 Å². The molecular weight excluding hydrogens is 484 g/mol. The molecule has 0 saturated carbocycles. The van der Waals surface area contributed by atoms with E-state index in [1.165, 1.54) is 27.8 Å². The number of hydrogen-bond acceptors (Lipinski definition) is 6. The van der Waals surface area contributed by atoms with Crippen LogP contribution in [0.3, 0.4) is 0 Å². The molecule has 8 nitrogen and oxygen atoms in total. The summed E-state index contributed by atoms with van der Waals surface area (Å²) in [6.45, 7) is 6.47. The topological polar surface area (TPSA) is 119 Å². The van der Waals surface area contributed by atoms with Gasteiger partial charge < -0.3 is 10.6 Å². The second-order valence-corrected chi connectivity index (χ2v) is 12.4. The van der Waals surface area contributed by atoms with Crippen molar-refractivity contribution in [2.75, 3.05) is 13.1 Å². The van der Waals surface area contributed by atoms with Crippen LogP contribution in [0.1, 0.15) is 59.6 Å². The fourth-order valence-electron chi connectivity index (χ4n) is 4.17. The van der Waals surface area contributed by atoms with E-state index < -0.39 is 16.1 Å². The fourth-order valence-corrected chi connectivity index (χ4v) is 6.57. The van der Waals surface area contributed by atoms with Crippen molar-refractivity contribution in [1.29, 1.82) is 5.26 Å². The molecule has 1 saturated heterocycles. The van der Waals surface area contributed by atoms with Crippen LogP contribution >= 0.6 is 11.3 Å². The third-order valence-electron chi connectivity index (χ3n) is 5.95. The Hall–Kier alpha value is -2.74. The number of benzene rings is 1. The van der Waals surface area contributed by atoms with Crippen LogP contribution in [-0.4, -0.2) is 49.7 Å². The van der Waals surface area contributed by atoms with E-state index in [2.05, 4.69) is 10.6 Å². The Kier molecular flexibility index (Phi) is 9.05. The highest BCUT2D eigenvalue weighted by Gasteiger charge is 2.31. The summed E-state index contributed by atoms with van der Waals surface area (Å²) in [5, 5.41) is 15.2. The molecule has 0 unspecified atom stereocenters. The lowest BCUT2D eigenvalue weighted by Crippen LogP contribution is -2.50. The molecule has 1 aliphatic rings. The van der Waals surface area contributed by atoms with Crippen LogP contribution in [0.25, 0.3) is 0 Å². The average molecular weight is 517 g/mol. The van der Waals surface area contributed by atoms with Crippen molar-refractivity contribution >= 4 is 33.2 Å². The van der Waals surface area contributed by atoms with Crippen molar-refractivity contribution in [2.24, 2.45) is 5.92 Å². The van der Waals surface area contributed by atoms with Crippen LogP contribution in [-0.2, 0) is 14.8 Å². The molecule has 35 heavy (non-hydrogen) atoms. The van der Waals surface area contributed by atoms with E-state index in [9.17, 15) is 23.3 Å². The molecule has 0 aliphatic carbocycles. The molecule has 1 aliphatic heterocycles. The van der Waals surface area contributed by atoms with Gasteiger partial charge in [0.1, 0.15) is 12.1 Å². The summed E-state index contributed by atoms with van der Waals surface area (Å²) in [5.41, 5.74) is 0.120. The Labute approximate surface area is 211 Å². The quantitative estimate of drug-likeness (QED) is 0.557. The smallest absolute Gasteiger partial charge is 0.262 e. The molecule has 1 aromatic heterocycles. The monoisotopic (exact) mass is 516 g/mol. The maximum absolute atomic E-state index is 13.2. The molecular formula is C25H32N4O4S2. The summed E-state index contributed by atoms with van der Waals surface area (Å²) < 4.78 is 27.7. The largest absolute Gasteiger partial charge is 0.352 e. The minimum atomic E-state index is -3.81. The lowest BCUT2D eigenvalue weighted by atomic mass is 10.0. The predicted octanol–water partition coefficient (Wildman–Crippen LogP) is 3.43. The first kappa shape index (κ1) is 26.9. The Bertz CT molecular complexity index is 1200. The number of rotatable bonds is 8. The first-order valence-corrected chi connectivity index (χ1v) is 14.0. The van der Waals surface area contributed by atoms with Crippen molar-refractivity contribution in [3.8, 4) is 6.07 Å². The van der Waals surface area contributed by atoms with Crippen LogP contribution in [0.4, 0.5) is 0 Å². The highest BCUT2D eigenvalue weighted by Crippen LogP contribution is 2.23. The number of aryl methyl sites for hydroxylation is 1. The average Bonchev–Trinajstić information content (AvgIpc) is 3.12. The highest BCUT2D eigenvalue weighted by molar-refractivity contribution is 7.89. The number of amides is 2. The van der Waals surface area contributed by atoms with Gasteiger partial charge in [0.25, 0.3) is 5.91 Å². The Balaban J connectivity index is 1.65. The maximum Gasteiger partial charge on any atom is 0.262 e. The molecule has 0 bridgehead atoms. The fraction of sp³-hybridized carbons (Fsp3) is 0.480. The highest BCUT2D eigenvalue weighted by atomic mass is 32.2. The van der Waals surface area contributed by atoms with Crippen molar-refractivity contribution in [3.63, 3.8) is 0 Å². The number of nitrogens with zero attached hydrogens (tertiary/aromatic N) is 2. The molecule has 2 aromatic rings. The lowest BCUT2D eigenvalue weighted by Gasteiger charge is -2.24. The first-order valence-electron chi connectivity index (χ1n) is 11.8. The molecule has 0 radical (unpaired) electrons. The normalized spacial score (nSPS) is 17.9. The van der Waals surface area contributed by atoms with Gasteiger partial charge >= 0.3 is 0 Å². The van der Waals surface area contributed by atoms with Crippen LogP contribution in [0.2, 0.25) is 0 Å². The summed E-state index contributed by atoms with van der Waals surface area (Å²) >= 11 is 1.38. The SMILES string of the molecule is Cc1ccc(C(=O)N[C@@H](CC(C)C)C(=O)N[C@@H]2CCCN(S(=O)(=O)c3ccccc3C#N)CC2)s1. The van der Waals surface area contributed by atoms with E-state index in [1.807, 2.05) is 32.9 Å². The van der Waals surface area contributed by atoms with Gasteiger partial charge in [0.05, 0.1) is 15.3 Å². The van der Waals surface area contributed by atoms with Gasteiger partial charge in [-0.3, -0.25) is 9.59 Å². The van der Waals surface area contributed by atoms with Gasteiger partial charge in [0.2, 0.25) is 15.9 Å². The van der Waals surface area contributed by atoms with Crippen molar-refractivity contribution in [3.05, 3.63) is 51.7 Å². The molecule has 2 amide bonds. The van der Waals surface area contributed by atoms with Gasteiger partial charge in [-0.25, -0.2) is 8.42 Å². The van der Waals surface area contributed by atoms with Crippen LogP contribution < -0.4 is 10.6 Å². The van der Waals surface area contributed by atoms with Gasteiger partial charge in [-0.15, -0.1) is 11.3 Å². The summed E-state index contributed by atoms with van der Waals surface area (Å²) in [7, 11) is -3.81. The summed E-state index contributed by atoms with van der Waals surface area (Å²) in [4.78, 5) is 27.4. The van der Waals surface area contributed by atoms with Crippen LogP contribution in [0.5, 0.6) is 0 Å². The predicted molar refractivity (Wildman–Crippen MR) is 135 cm³/mol. The minimum absolute atomic E-state index is 0.00788. The maximum atomic E-state index is 13.2. The van der Waals surface area contributed by atoms with Gasteiger partial charge in [-0.2, -0.15) is 9.57 Å². The third-order valence-corrected chi connectivity index (χ3v) is 8.91. The minimum Gasteiger partial charge on any atom is -0.352 e. The number of carbonyl (C=O) groups excluding carboxylic acids is 2. The number of nitrogens with one attached hydrogen (secondary N) is 2. The van der Waals surface area contributed by atoms with Gasteiger partial charge in [0, 0.05) is 24.0 Å². The van der Waals surface area contributed by atoms with E-state index in [-0.39, 0.29) is 40.8 Å². The van der Waals surface area contributed by atoms with Crippen molar-refractivity contribution in [2.45, 2.75) is 63.4 Å². The van der Waals surface area contributed by atoms with Crippen LogP contribution in [0.15, 0.2) is 41.3 Å². The van der Waals surface area contributed by atoms with Crippen LogP contribution in [0, 0.1) is 24.2 Å². The number of carbonyl (C=O) groups is 2. The molecule has 0 spiro atoms. The summed E-state index contributed by atoms with van der Waals surface area (Å²) in [5.74, 6) is -0.319. The number of nitriles is 1. The zero-order valence-electron chi connectivity index (χ0n) is 20.3. The van der Waals surface area contributed by atoms with Crippen molar-refractivity contribution < 1.29 is 18.0 Å². The molecule has 10 heteroatoms. The second kappa shape index (κ2) is 11.8. The molecule has 1 fully saturated rings. The van der Waals surface area contributed by atoms with E-state index in [0.29, 0.717) is 37.1 Å². The molecule has 3 rings (SSSR count). The zero-order chi connectivity index (χ0) is 25.6. The Morgan fingerprint density at radius 3 is 2.57 bits per heavy atom. The number of hydrogen-bond donors (Lipinski definition) is 2. The van der Waals surface area contributed by atoms with Gasteiger partial charge in [-0.05, 0) is 62.8 Å². The molecule has 2 atom stereocenters. The Morgan fingerprint density at radius 2 is 1.91 bits per heavy atom. The summed E-state index contributed by atoms with van der Waals surface area (Å²) in [6.07, 6.45) is 2.16. The van der Waals surface area contributed by atoms with Crippen molar-refractivity contribution in [1.82, 2.24) is 14.9 Å². The lowest BCUT2D eigenvalue weighted by molar-refractivity contribution is -0.124. The van der Waals surface area contributed by atoms with Gasteiger partial charge in [0.15, 0.2) is 0 Å². The molecule has 2 N–H and O–H groups in total. The number of thiophene rings is 1. The second-order valence-electron chi connectivity index (χ2n) is 9.21. The molecule has 188 valence electrons.